The minimum atomic E-state index is -1.19. The van der Waals surface area contributed by atoms with E-state index in [1.165, 1.54) is 4.90 Å². The summed E-state index contributed by atoms with van der Waals surface area (Å²) in [6, 6.07) is 8.63. The molecule has 0 saturated heterocycles. The normalized spacial score (nSPS) is 15.9. The Morgan fingerprint density at radius 1 is 1.17 bits per heavy atom. The summed E-state index contributed by atoms with van der Waals surface area (Å²) in [5.74, 6) is 1.32. The molecule has 0 bridgehead atoms. The fraction of sp³-hybridized carbons (Fsp3) is 0.409. The van der Waals surface area contributed by atoms with Gasteiger partial charge in [0.05, 0.1) is 17.7 Å². The zero-order valence-corrected chi connectivity index (χ0v) is 17.8. The number of carbonyl (C=O) groups is 2. The van der Waals surface area contributed by atoms with Crippen molar-refractivity contribution in [2.75, 3.05) is 26.2 Å². The Labute approximate surface area is 176 Å². The van der Waals surface area contributed by atoms with Crippen molar-refractivity contribution < 1.29 is 19.1 Å². The van der Waals surface area contributed by atoms with Crippen LogP contribution < -0.4 is 10.6 Å². The van der Waals surface area contributed by atoms with Gasteiger partial charge in [-0.2, -0.15) is 0 Å². The fourth-order valence-corrected chi connectivity index (χ4v) is 3.55. The van der Waals surface area contributed by atoms with E-state index in [9.17, 15) is 14.7 Å². The van der Waals surface area contributed by atoms with Crippen LogP contribution in [0.3, 0.4) is 0 Å². The molecule has 0 fully saturated rings. The van der Waals surface area contributed by atoms with Gasteiger partial charge in [0.25, 0.3) is 11.8 Å². The molecule has 3 N–H and O–H groups in total. The molecule has 0 radical (unpaired) electrons. The fourth-order valence-electron chi connectivity index (χ4n) is 3.55. The van der Waals surface area contributed by atoms with Gasteiger partial charge in [-0.1, -0.05) is 12.1 Å². The molecule has 8 heteroatoms. The molecule has 1 atom stereocenters. The number of guanidine groups is 1. The van der Waals surface area contributed by atoms with E-state index in [0.29, 0.717) is 41.5 Å². The summed E-state index contributed by atoms with van der Waals surface area (Å²) >= 11 is 0. The predicted octanol–water partition coefficient (Wildman–Crippen LogP) is 1.96. The predicted molar refractivity (Wildman–Crippen MR) is 114 cm³/mol. The highest BCUT2D eigenvalue weighted by Gasteiger charge is 2.34. The Kier molecular flexibility index (Phi) is 6.26. The molecule has 2 heterocycles. The molecule has 1 unspecified atom stereocenters. The molecule has 0 aliphatic carbocycles. The Bertz CT molecular complexity index is 942. The molecule has 3 rings (SSSR count). The largest absolute Gasteiger partial charge is 0.466 e. The number of hydrogen-bond donors (Lipinski definition) is 3. The molecule has 0 saturated carbocycles. The summed E-state index contributed by atoms with van der Waals surface area (Å²) in [5, 5.41) is 17.1. The van der Waals surface area contributed by atoms with Gasteiger partial charge in [-0.3, -0.25) is 14.5 Å². The van der Waals surface area contributed by atoms with Crippen LogP contribution >= 0.6 is 0 Å². The van der Waals surface area contributed by atoms with Crippen molar-refractivity contribution in [3.63, 3.8) is 0 Å². The van der Waals surface area contributed by atoms with Crippen molar-refractivity contribution in [1.82, 2.24) is 15.5 Å². The Balaban J connectivity index is 1.62. The summed E-state index contributed by atoms with van der Waals surface area (Å²) in [6.45, 7) is 8.57. The zero-order chi connectivity index (χ0) is 21.9. The minimum Gasteiger partial charge on any atom is -0.466 e. The molecule has 2 aromatic rings. The molecule has 8 nitrogen and oxygen atoms in total. The lowest BCUT2D eigenvalue weighted by Gasteiger charge is -2.22. The van der Waals surface area contributed by atoms with Gasteiger partial charge in [-0.05, 0) is 45.9 Å². The Hall–Kier alpha value is -3.13. The van der Waals surface area contributed by atoms with Crippen molar-refractivity contribution in [2.24, 2.45) is 4.99 Å². The van der Waals surface area contributed by atoms with Gasteiger partial charge in [0.2, 0.25) is 0 Å². The van der Waals surface area contributed by atoms with Crippen LogP contribution in [0.4, 0.5) is 0 Å². The van der Waals surface area contributed by atoms with E-state index in [1.807, 2.05) is 26.8 Å². The van der Waals surface area contributed by atoms with Crippen molar-refractivity contribution in [3.05, 3.63) is 58.5 Å². The number of nitrogens with zero attached hydrogens (tertiary/aromatic N) is 2. The summed E-state index contributed by atoms with van der Waals surface area (Å²) < 4.78 is 5.51. The molecule has 1 aliphatic heterocycles. The van der Waals surface area contributed by atoms with Gasteiger partial charge in [0.1, 0.15) is 17.1 Å². The van der Waals surface area contributed by atoms with Gasteiger partial charge in [0, 0.05) is 25.2 Å². The zero-order valence-electron chi connectivity index (χ0n) is 17.8. The summed E-state index contributed by atoms with van der Waals surface area (Å²) in [7, 11) is 0. The lowest BCUT2D eigenvalue weighted by Crippen LogP contribution is -2.43. The molecule has 30 heavy (non-hydrogen) atoms. The van der Waals surface area contributed by atoms with E-state index in [4.69, 9.17) is 4.42 Å². The molecule has 160 valence electrons. The average molecular weight is 412 g/mol. The van der Waals surface area contributed by atoms with Crippen LogP contribution in [0.1, 0.15) is 51.6 Å². The first-order valence-corrected chi connectivity index (χ1v) is 10.0. The quantitative estimate of drug-likeness (QED) is 0.365. The van der Waals surface area contributed by atoms with Crippen LogP contribution in [0, 0.1) is 13.8 Å². The standard InChI is InChI=1S/C22H28N4O4/c1-5-23-21(25-13-22(4,29)18-12-14(2)30-15(18)3)24-10-11-26-19(27)16-8-6-7-9-17(16)20(26)28/h6-9,12,29H,5,10-11,13H2,1-4H3,(H2,23,24,25). The first-order chi connectivity index (χ1) is 14.2. The summed E-state index contributed by atoms with van der Waals surface area (Å²) in [6.07, 6.45) is 0. The van der Waals surface area contributed by atoms with Crippen LogP contribution in [-0.4, -0.2) is 54.0 Å². The number of rotatable bonds is 7. The van der Waals surface area contributed by atoms with E-state index in [0.717, 1.165) is 5.76 Å². The second kappa shape index (κ2) is 8.71. The number of hydrogen-bond acceptors (Lipinski definition) is 5. The average Bonchev–Trinajstić information content (AvgIpc) is 3.18. The van der Waals surface area contributed by atoms with Crippen LogP contribution in [-0.2, 0) is 5.60 Å². The topological polar surface area (TPSA) is 107 Å². The SMILES string of the molecule is CCNC(=NCC(C)(O)c1cc(C)oc1C)NCCN1C(=O)c2ccccc2C1=O. The number of furan rings is 1. The number of aliphatic hydroxyl groups is 1. The Morgan fingerprint density at radius 3 is 2.33 bits per heavy atom. The number of imide groups is 1. The van der Waals surface area contributed by atoms with Crippen LogP contribution in [0.15, 0.2) is 39.7 Å². The molecule has 2 amide bonds. The van der Waals surface area contributed by atoms with E-state index in [1.54, 1.807) is 31.2 Å². The lowest BCUT2D eigenvalue weighted by molar-refractivity contribution is 0.0653. The number of carbonyl (C=O) groups excluding carboxylic acids is 2. The number of aliphatic imine (C=N–C) groups is 1. The van der Waals surface area contributed by atoms with E-state index in [2.05, 4.69) is 15.6 Å². The first-order valence-electron chi connectivity index (χ1n) is 10.0. The molecule has 1 aliphatic rings. The van der Waals surface area contributed by atoms with E-state index >= 15 is 0 Å². The molecule has 1 aromatic carbocycles. The minimum absolute atomic E-state index is 0.120. The third-order valence-corrected chi connectivity index (χ3v) is 5.02. The maximum atomic E-state index is 12.4. The maximum Gasteiger partial charge on any atom is 0.261 e. The van der Waals surface area contributed by atoms with Gasteiger partial charge in [0.15, 0.2) is 5.96 Å². The third-order valence-electron chi connectivity index (χ3n) is 5.02. The highest BCUT2D eigenvalue weighted by molar-refractivity contribution is 6.21. The van der Waals surface area contributed by atoms with Gasteiger partial charge in [-0.15, -0.1) is 0 Å². The van der Waals surface area contributed by atoms with Crippen LogP contribution in [0.2, 0.25) is 0 Å². The van der Waals surface area contributed by atoms with Crippen molar-refractivity contribution >= 4 is 17.8 Å². The number of fused-ring (bicyclic) bond motifs is 1. The highest BCUT2D eigenvalue weighted by Crippen LogP contribution is 2.27. The molecular formula is C22H28N4O4. The van der Waals surface area contributed by atoms with Crippen molar-refractivity contribution in [1.29, 1.82) is 0 Å². The van der Waals surface area contributed by atoms with Crippen molar-refractivity contribution in [2.45, 2.75) is 33.3 Å². The van der Waals surface area contributed by atoms with Gasteiger partial charge < -0.3 is 20.2 Å². The Morgan fingerprint density at radius 2 is 1.80 bits per heavy atom. The van der Waals surface area contributed by atoms with E-state index < -0.39 is 5.60 Å². The maximum absolute atomic E-state index is 12.4. The molecule has 0 spiro atoms. The van der Waals surface area contributed by atoms with E-state index in [-0.39, 0.29) is 24.9 Å². The molecule has 1 aromatic heterocycles. The highest BCUT2D eigenvalue weighted by atomic mass is 16.3. The second-order valence-electron chi connectivity index (χ2n) is 7.53. The first kappa shape index (κ1) is 21.6. The lowest BCUT2D eigenvalue weighted by atomic mass is 9.96. The second-order valence-corrected chi connectivity index (χ2v) is 7.53. The third kappa shape index (κ3) is 4.38. The molecular weight excluding hydrogens is 384 g/mol. The van der Waals surface area contributed by atoms with Crippen LogP contribution in [0.25, 0.3) is 0 Å². The van der Waals surface area contributed by atoms with Crippen LogP contribution in [0.5, 0.6) is 0 Å². The number of benzene rings is 1. The summed E-state index contributed by atoms with van der Waals surface area (Å²) in [4.78, 5) is 30.6. The number of amides is 2. The van der Waals surface area contributed by atoms with Gasteiger partial charge in [-0.25, -0.2) is 4.99 Å². The number of nitrogens with one attached hydrogen (secondary N) is 2. The van der Waals surface area contributed by atoms with Crippen molar-refractivity contribution in [3.8, 4) is 0 Å². The number of aryl methyl sites for hydroxylation is 2. The van der Waals surface area contributed by atoms with Gasteiger partial charge >= 0.3 is 0 Å². The summed E-state index contributed by atoms with van der Waals surface area (Å²) in [5.41, 5.74) is 0.382. The monoisotopic (exact) mass is 412 g/mol. The smallest absolute Gasteiger partial charge is 0.261 e.